The van der Waals surface area contributed by atoms with Gasteiger partial charge < -0.3 is 10.8 Å². The lowest BCUT2D eigenvalue weighted by Crippen LogP contribution is -2.40. The molecule has 2 atom stereocenters. The Morgan fingerprint density at radius 1 is 1.54 bits per heavy atom. The van der Waals surface area contributed by atoms with Crippen molar-refractivity contribution in [2.75, 3.05) is 6.61 Å². The molecule has 0 aromatic rings. The molecule has 0 heterocycles. The Bertz CT molecular complexity index is 156. The van der Waals surface area contributed by atoms with Gasteiger partial charge in [0.2, 0.25) is 0 Å². The van der Waals surface area contributed by atoms with Crippen LogP contribution in [-0.2, 0) is 0 Å². The third kappa shape index (κ3) is 2.96. The molecular formula is C11H23NO. The van der Waals surface area contributed by atoms with Crippen molar-refractivity contribution in [2.24, 2.45) is 17.1 Å². The SMILES string of the molecule is CCC(N)C(C)(CCO)CC1CC1. The molecule has 1 saturated carbocycles. The lowest BCUT2D eigenvalue weighted by molar-refractivity contribution is 0.145. The molecule has 0 spiro atoms. The highest BCUT2D eigenvalue weighted by atomic mass is 16.3. The maximum Gasteiger partial charge on any atom is 0.0436 e. The van der Waals surface area contributed by atoms with E-state index < -0.39 is 0 Å². The van der Waals surface area contributed by atoms with Gasteiger partial charge in [-0.2, -0.15) is 0 Å². The molecule has 0 aromatic heterocycles. The van der Waals surface area contributed by atoms with Gasteiger partial charge >= 0.3 is 0 Å². The van der Waals surface area contributed by atoms with E-state index in [0.29, 0.717) is 0 Å². The first kappa shape index (κ1) is 11.0. The molecule has 0 radical (unpaired) electrons. The van der Waals surface area contributed by atoms with Gasteiger partial charge in [-0.15, -0.1) is 0 Å². The molecule has 1 fully saturated rings. The molecule has 0 aromatic carbocycles. The first-order chi connectivity index (χ1) is 6.12. The minimum absolute atomic E-state index is 0.171. The number of aliphatic hydroxyl groups is 1. The number of rotatable bonds is 6. The summed E-state index contributed by atoms with van der Waals surface area (Å²) in [6, 6.07) is 0.250. The van der Waals surface area contributed by atoms with Crippen molar-refractivity contribution >= 4 is 0 Å². The van der Waals surface area contributed by atoms with Crippen LogP contribution in [-0.4, -0.2) is 17.8 Å². The molecule has 2 heteroatoms. The second-order valence-electron chi connectivity index (χ2n) is 4.79. The first-order valence-corrected chi connectivity index (χ1v) is 5.49. The molecule has 0 bridgehead atoms. The lowest BCUT2D eigenvalue weighted by atomic mass is 9.74. The lowest BCUT2D eigenvalue weighted by Gasteiger charge is -2.35. The van der Waals surface area contributed by atoms with Gasteiger partial charge in [0.15, 0.2) is 0 Å². The summed E-state index contributed by atoms with van der Waals surface area (Å²) in [6.45, 7) is 4.64. The highest BCUT2D eigenvalue weighted by Crippen LogP contribution is 2.43. The average molecular weight is 185 g/mol. The topological polar surface area (TPSA) is 46.2 Å². The molecule has 2 unspecified atom stereocenters. The smallest absolute Gasteiger partial charge is 0.0436 e. The highest BCUT2D eigenvalue weighted by molar-refractivity contribution is 4.90. The van der Waals surface area contributed by atoms with Crippen molar-refractivity contribution in [1.82, 2.24) is 0 Å². The number of hydrogen-bond donors (Lipinski definition) is 2. The van der Waals surface area contributed by atoms with Crippen LogP contribution in [0.4, 0.5) is 0 Å². The zero-order valence-corrected chi connectivity index (χ0v) is 8.92. The molecule has 0 aliphatic heterocycles. The van der Waals surface area contributed by atoms with Gasteiger partial charge in [0.25, 0.3) is 0 Å². The molecule has 13 heavy (non-hydrogen) atoms. The van der Waals surface area contributed by atoms with Gasteiger partial charge in [-0.3, -0.25) is 0 Å². The number of nitrogens with two attached hydrogens (primary N) is 1. The fraction of sp³-hybridized carbons (Fsp3) is 1.00. The van der Waals surface area contributed by atoms with Crippen LogP contribution in [0.15, 0.2) is 0 Å². The zero-order chi connectivity index (χ0) is 9.90. The normalized spacial score (nSPS) is 24.0. The third-order valence-corrected chi connectivity index (χ3v) is 3.47. The summed E-state index contributed by atoms with van der Waals surface area (Å²) < 4.78 is 0. The molecule has 78 valence electrons. The molecular weight excluding hydrogens is 162 g/mol. The first-order valence-electron chi connectivity index (χ1n) is 5.49. The van der Waals surface area contributed by atoms with Gasteiger partial charge in [-0.25, -0.2) is 0 Å². The van der Waals surface area contributed by atoms with E-state index in [9.17, 15) is 0 Å². The number of aliphatic hydroxyl groups excluding tert-OH is 1. The van der Waals surface area contributed by atoms with Crippen LogP contribution in [0.5, 0.6) is 0 Å². The minimum Gasteiger partial charge on any atom is -0.396 e. The van der Waals surface area contributed by atoms with Crippen LogP contribution in [0.1, 0.15) is 46.0 Å². The molecule has 2 nitrogen and oxygen atoms in total. The van der Waals surface area contributed by atoms with Gasteiger partial charge in [0.05, 0.1) is 0 Å². The van der Waals surface area contributed by atoms with Crippen LogP contribution in [0.3, 0.4) is 0 Å². The molecule has 0 saturated heterocycles. The molecule has 1 rings (SSSR count). The standard InChI is InChI=1S/C11H23NO/c1-3-10(12)11(2,6-7-13)8-9-4-5-9/h9-10,13H,3-8,12H2,1-2H3. The van der Waals surface area contributed by atoms with E-state index in [1.165, 1.54) is 19.3 Å². The van der Waals surface area contributed by atoms with Crippen molar-refractivity contribution in [3.63, 3.8) is 0 Å². The van der Waals surface area contributed by atoms with Crippen molar-refractivity contribution in [3.8, 4) is 0 Å². The predicted molar refractivity (Wildman–Crippen MR) is 55.4 cm³/mol. The summed E-state index contributed by atoms with van der Waals surface area (Å²) in [6.07, 6.45) is 5.83. The van der Waals surface area contributed by atoms with E-state index in [0.717, 1.165) is 18.8 Å². The van der Waals surface area contributed by atoms with Crippen LogP contribution < -0.4 is 5.73 Å². The van der Waals surface area contributed by atoms with Crippen molar-refractivity contribution in [3.05, 3.63) is 0 Å². The Morgan fingerprint density at radius 3 is 2.54 bits per heavy atom. The van der Waals surface area contributed by atoms with Gasteiger partial charge in [0.1, 0.15) is 0 Å². The molecule has 3 N–H and O–H groups in total. The quantitative estimate of drug-likeness (QED) is 0.664. The van der Waals surface area contributed by atoms with Crippen LogP contribution in [0, 0.1) is 11.3 Å². The van der Waals surface area contributed by atoms with Crippen molar-refractivity contribution < 1.29 is 5.11 Å². The molecule has 0 amide bonds. The van der Waals surface area contributed by atoms with E-state index in [1.807, 2.05) is 0 Å². The zero-order valence-electron chi connectivity index (χ0n) is 8.92. The van der Waals surface area contributed by atoms with Gasteiger partial charge in [-0.05, 0) is 30.6 Å². The second kappa shape index (κ2) is 4.43. The Labute approximate surface area is 81.5 Å². The molecule has 1 aliphatic carbocycles. The predicted octanol–water partition coefficient (Wildman–Crippen LogP) is 1.91. The van der Waals surface area contributed by atoms with Crippen LogP contribution >= 0.6 is 0 Å². The van der Waals surface area contributed by atoms with Crippen LogP contribution in [0.2, 0.25) is 0 Å². The summed E-state index contributed by atoms with van der Waals surface area (Å²) in [7, 11) is 0. The monoisotopic (exact) mass is 185 g/mol. The highest BCUT2D eigenvalue weighted by Gasteiger charge is 2.36. The van der Waals surface area contributed by atoms with Gasteiger partial charge in [0, 0.05) is 12.6 Å². The molecule has 1 aliphatic rings. The minimum atomic E-state index is 0.171. The summed E-state index contributed by atoms with van der Waals surface area (Å²) >= 11 is 0. The van der Waals surface area contributed by atoms with Gasteiger partial charge in [-0.1, -0.05) is 26.7 Å². The summed E-state index contributed by atoms with van der Waals surface area (Å²) in [4.78, 5) is 0. The van der Waals surface area contributed by atoms with E-state index in [-0.39, 0.29) is 18.1 Å². The largest absolute Gasteiger partial charge is 0.396 e. The van der Waals surface area contributed by atoms with Crippen LogP contribution in [0.25, 0.3) is 0 Å². The van der Waals surface area contributed by atoms with E-state index in [1.54, 1.807) is 0 Å². The Balaban J connectivity index is 2.48. The van der Waals surface area contributed by atoms with E-state index in [2.05, 4.69) is 13.8 Å². The Hall–Kier alpha value is -0.0800. The van der Waals surface area contributed by atoms with E-state index in [4.69, 9.17) is 10.8 Å². The van der Waals surface area contributed by atoms with Crippen molar-refractivity contribution in [2.45, 2.75) is 52.0 Å². The second-order valence-corrected chi connectivity index (χ2v) is 4.79. The Kier molecular flexibility index (Phi) is 3.74. The summed E-state index contributed by atoms with van der Waals surface area (Å²) in [5, 5.41) is 9.02. The maximum absolute atomic E-state index is 9.02. The average Bonchev–Trinajstić information content (AvgIpc) is 2.87. The third-order valence-electron chi connectivity index (χ3n) is 3.47. The Morgan fingerprint density at radius 2 is 2.15 bits per heavy atom. The fourth-order valence-corrected chi connectivity index (χ4v) is 2.17. The van der Waals surface area contributed by atoms with E-state index >= 15 is 0 Å². The van der Waals surface area contributed by atoms with Crippen molar-refractivity contribution in [1.29, 1.82) is 0 Å². The maximum atomic E-state index is 9.02. The summed E-state index contributed by atoms with van der Waals surface area (Å²) in [5.41, 5.74) is 6.27. The number of hydrogen-bond acceptors (Lipinski definition) is 2. The summed E-state index contributed by atoms with van der Waals surface area (Å²) in [5.74, 6) is 0.897. The fourth-order valence-electron chi connectivity index (χ4n) is 2.17.